The fourth-order valence-corrected chi connectivity index (χ4v) is 3.25. The van der Waals surface area contributed by atoms with E-state index in [0.717, 1.165) is 38.8 Å². The zero-order valence-electron chi connectivity index (χ0n) is 12.3. The van der Waals surface area contributed by atoms with Gasteiger partial charge in [-0.05, 0) is 43.4 Å². The fourth-order valence-electron chi connectivity index (χ4n) is 3.25. The number of ether oxygens (including phenoxy) is 1. The molecule has 0 aromatic heterocycles. The lowest BCUT2D eigenvalue weighted by atomic mass is 9.76. The number of hydrogen-bond donors (Lipinski definition) is 2. The van der Waals surface area contributed by atoms with Gasteiger partial charge in [-0.15, -0.1) is 0 Å². The minimum Gasteiger partial charge on any atom is -0.385 e. The molecule has 2 saturated carbocycles. The van der Waals surface area contributed by atoms with Gasteiger partial charge in [0.25, 0.3) is 0 Å². The van der Waals surface area contributed by atoms with Gasteiger partial charge in [0.1, 0.15) is 0 Å². The predicted molar refractivity (Wildman–Crippen MR) is 75.7 cm³/mol. The Bertz CT molecular complexity index is 328. The zero-order chi connectivity index (χ0) is 13.9. The molecule has 2 rings (SSSR count). The highest BCUT2D eigenvalue weighted by molar-refractivity contribution is 5.86. The molecule has 0 radical (unpaired) electrons. The molecule has 19 heavy (non-hydrogen) atoms. The maximum atomic E-state index is 12.3. The van der Waals surface area contributed by atoms with Crippen LogP contribution in [-0.2, 0) is 9.53 Å². The Morgan fingerprint density at radius 2 is 2.16 bits per heavy atom. The van der Waals surface area contributed by atoms with Gasteiger partial charge >= 0.3 is 0 Å². The van der Waals surface area contributed by atoms with Crippen molar-refractivity contribution in [3.63, 3.8) is 0 Å². The largest absolute Gasteiger partial charge is 0.385 e. The van der Waals surface area contributed by atoms with E-state index >= 15 is 0 Å². The molecule has 0 spiro atoms. The zero-order valence-corrected chi connectivity index (χ0v) is 12.3. The van der Waals surface area contributed by atoms with Crippen LogP contribution < -0.4 is 11.1 Å². The average molecular weight is 268 g/mol. The van der Waals surface area contributed by atoms with Gasteiger partial charge in [-0.3, -0.25) is 4.79 Å². The molecule has 0 aliphatic heterocycles. The first-order valence-corrected chi connectivity index (χ1v) is 7.56. The molecule has 1 amide bonds. The van der Waals surface area contributed by atoms with Crippen molar-refractivity contribution in [2.24, 2.45) is 17.1 Å². The van der Waals surface area contributed by atoms with Crippen LogP contribution in [0, 0.1) is 11.3 Å². The number of methoxy groups -OCH3 is 1. The second-order valence-corrected chi connectivity index (χ2v) is 6.78. The van der Waals surface area contributed by atoms with Crippen molar-refractivity contribution in [1.82, 2.24) is 5.32 Å². The molecule has 2 atom stereocenters. The van der Waals surface area contributed by atoms with Gasteiger partial charge in [0, 0.05) is 20.3 Å². The molecule has 2 fully saturated rings. The monoisotopic (exact) mass is 268 g/mol. The van der Waals surface area contributed by atoms with E-state index in [9.17, 15) is 4.79 Å². The summed E-state index contributed by atoms with van der Waals surface area (Å²) in [6, 6.07) is 0. The summed E-state index contributed by atoms with van der Waals surface area (Å²) in [6.45, 7) is 3.73. The van der Waals surface area contributed by atoms with E-state index in [1.807, 2.05) is 0 Å². The lowest BCUT2D eigenvalue weighted by Crippen LogP contribution is -2.57. The normalized spacial score (nSPS) is 32.9. The van der Waals surface area contributed by atoms with Crippen molar-refractivity contribution in [1.29, 1.82) is 0 Å². The van der Waals surface area contributed by atoms with Crippen molar-refractivity contribution >= 4 is 5.91 Å². The van der Waals surface area contributed by atoms with Crippen LogP contribution in [0.15, 0.2) is 0 Å². The van der Waals surface area contributed by atoms with E-state index in [2.05, 4.69) is 12.2 Å². The molecular formula is C15H28N2O2. The number of carbonyl (C=O) groups excluding carboxylic acids is 1. The topological polar surface area (TPSA) is 64.3 Å². The molecule has 2 unspecified atom stereocenters. The molecule has 0 aromatic rings. The summed E-state index contributed by atoms with van der Waals surface area (Å²) in [4.78, 5) is 12.3. The van der Waals surface area contributed by atoms with Crippen LogP contribution in [0.3, 0.4) is 0 Å². The predicted octanol–water partition coefficient (Wildman–Crippen LogP) is 1.83. The Labute approximate surface area is 116 Å². The van der Waals surface area contributed by atoms with Crippen molar-refractivity contribution in [3.05, 3.63) is 0 Å². The molecule has 4 nitrogen and oxygen atoms in total. The minimum atomic E-state index is -0.630. The summed E-state index contributed by atoms with van der Waals surface area (Å²) in [6.07, 6.45) is 7.36. The number of amides is 1. The first-order valence-electron chi connectivity index (χ1n) is 7.56. The van der Waals surface area contributed by atoms with Gasteiger partial charge < -0.3 is 15.8 Å². The highest BCUT2D eigenvalue weighted by atomic mass is 16.5. The molecule has 2 aliphatic rings. The summed E-state index contributed by atoms with van der Waals surface area (Å²) in [5.41, 5.74) is 5.97. The first kappa shape index (κ1) is 14.8. The van der Waals surface area contributed by atoms with E-state index < -0.39 is 5.54 Å². The van der Waals surface area contributed by atoms with Crippen LogP contribution in [0.2, 0.25) is 0 Å². The van der Waals surface area contributed by atoms with Gasteiger partial charge in [0.2, 0.25) is 5.91 Å². The van der Waals surface area contributed by atoms with Crippen LogP contribution in [0.25, 0.3) is 0 Å². The van der Waals surface area contributed by atoms with E-state index in [-0.39, 0.29) is 5.91 Å². The lowest BCUT2D eigenvalue weighted by molar-refractivity contribution is -0.128. The van der Waals surface area contributed by atoms with E-state index in [1.54, 1.807) is 7.11 Å². The molecule has 3 N–H and O–H groups in total. The third-order valence-electron chi connectivity index (χ3n) is 4.90. The number of nitrogens with two attached hydrogens (primary N) is 1. The number of hydrogen-bond acceptors (Lipinski definition) is 3. The Morgan fingerprint density at radius 1 is 1.42 bits per heavy atom. The van der Waals surface area contributed by atoms with Crippen LogP contribution in [-0.4, -0.2) is 31.7 Å². The Hall–Kier alpha value is -0.610. The molecule has 2 aliphatic carbocycles. The van der Waals surface area contributed by atoms with E-state index in [0.29, 0.717) is 11.3 Å². The molecule has 4 heteroatoms. The smallest absolute Gasteiger partial charge is 0.240 e. The molecular weight excluding hydrogens is 240 g/mol. The van der Waals surface area contributed by atoms with Crippen molar-refractivity contribution in [3.8, 4) is 0 Å². The van der Waals surface area contributed by atoms with Gasteiger partial charge in [0.05, 0.1) is 5.54 Å². The number of carbonyl (C=O) groups is 1. The van der Waals surface area contributed by atoms with Crippen LogP contribution in [0.1, 0.15) is 51.9 Å². The first-order chi connectivity index (χ1) is 9.00. The van der Waals surface area contributed by atoms with Gasteiger partial charge in [0.15, 0.2) is 0 Å². The van der Waals surface area contributed by atoms with Crippen LogP contribution in [0.4, 0.5) is 0 Å². The van der Waals surface area contributed by atoms with Gasteiger partial charge in [-0.2, -0.15) is 0 Å². The van der Waals surface area contributed by atoms with E-state index in [4.69, 9.17) is 10.5 Å². The summed E-state index contributed by atoms with van der Waals surface area (Å²) in [5, 5.41) is 3.11. The lowest BCUT2D eigenvalue weighted by Gasteiger charge is -2.35. The number of rotatable bonds is 6. The maximum Gasteiger partial charge on any atom is 0.240 e. The molecule has 0 bridgehead atoms. The molecule has 0 saturated heterocycles. The quantitative estimate of drug-likeness (QED) is 0.772. The molecule has 0 heterocycles. The Balaban J connectivity index is 1.80. The van der Waals surface area contributed by atoms with E-state index in [1.165, 1.54) is 19.3 Å². The standard InChI is InChI=1S/C15H28N2O2/c1-12-4-3-5-15(16,10-12)13(18)17-11-14(6-7-14)8-9-19-2/h12H,3-11,16H2,1-2H3,(H,17,18). The van der Waals surface area contributed by atoms with Crippen molar-refractivity contribution in [2.45, 2.75) is 57.4 Å². The third kappa shape index (κ3) is 3.69. The second kappa shape index (κ2) is 5.80. The highest BCUT2D eigenvalue weighted by Gasteiger charge is 2.44. The SMILES string of the molecule is COCCC1(CNC(=O)C2(N)CCCC(C)C2)CC1. The Morgan fingerprint density at radius 3 is 2.74 bits per heavy atom. The van der Waals surface area contributed by atoms with Crippen LogP contribution >= 0.6 is 0 Å². The molecule has 110 valence electrons. The fraction of sp³-hybridized carbons (Fsp3) is 0.933. The Kier molecular flexibility index (Phi) is 4.51. The maximum absolute atomic E-state index is 12.3. The van der Waals surface area contributed by atoms with Crippen molar-refractivity contribution < 1.29 is 9.53 Å². The summed E-state index contributed by atoms with van der Waals surface area (Å²) in [7, 11) is 1.73. The average Bonchev–Trinajstić information content (AvgIpc) is 3.14. The van der Waals surface area contributed by atoms with Gasteiger partial charge in [-0.25, -0.2) is 0 Å². The summed E-state index contributed by atoms with van der Waals surface area (Å²) >= 11 is 0. The van der Waals surface area contributed by atoms with Crippen molar-refractivity contribution in [2.75, 3.05) is 20.3 Å². The highest BCUT2D eigenvalue weighted by Crippen LogP contribution is 2.48. The third-order valence-corrected chi connectivity index (χ3v) is 4.90. The summed E-state index contributed by atoms with van der Waals surface area (Å²) in [5.74, 6) is 0.621. The minimum absolute atomic E-state index is 0.0581. The van der Waals surface area contributed by atoms with Gasteiger partial charge in [-0.1, -0.05) is 19.8 Å². The summed E-state index contributed by atoms with van der Waals surface area (Å²) < 4.78 is 5.14. The molecule has 0 aromatic carbocycles. The van der Waals surface area contributed by atoms with Crippen LogP contribution in [0.5, 0.6) is 0 Å². The number of nitrogens with one attached hydrogen (secondary N) is 1. The second-order valence-electron chi connectivity index (χ2n) is 6.78.